The van der Waals surface area contributed by atoms with E-state index in [2.05, 4.69) is 10.9 Å². The molecule has 1 aromatic rings. The molecule has 0 aromatic heterocycles. The quantitative estimate of drug-likeness (QED) is 0.710. The monoisotopic (exact) mass is 307 g/mol. The summed E-state index contributed by atoms with van der Waals surface area (Å²) in [5.74, 6) is -0.428. The van der Waals surface area contributed by atoms with E-state index < -0.39 is 12.0 Å². The molecule has 7 heteroatoms. The summed E-state index contributed by atoms with van der Waals surface area (Å²) in [4.78, 5) is 24.5. The van der Waals surface area contributed by atoms with E-state index in [1.54, 1.807) is 14.0 Å². The van der Waals surface area contributed by atoms with Gasteiger partial charge in [0.05, 0.1) is 7.11 Å². The maximum atomic E-state index is 12.3. The lowest BCUT2D eigenvalue weighted by Crippen LogP contribution is -2.47. The van der Waals surface area contributed by atoms with Gasteiger partial charge in [0, 0.05) is 12.6 Å². The molecule has 1 heterocycles. The number of hydrogen-bond acceptors (Lipinski definition) is 5. The number of hydrogen-bond donors (Lipinski definition) is 3. The number of rotatable bonds is 6. The number of methoxy groups -OCH3 is 1. The van der Waals surface area contributed by atoms with Gasteiger partial charge in [0.2, 0.25) is 5.91 Å². The number of carboxylic acid groups (broad SMARTS) is 1. The van der Waals surface area contributed by atoms with Crippen LogP contribution in [-0.4, -0.2) is 48.1 Å². The number of aliphatic carboxylic acids is 1. The third-order valence-corrected chi connectivity index (χ3v) is 3.74. The third kappa shape index (κ3) is 3.75. The summed E-state index contributed by atoms with van der Waals surface area (Å²) in [5, 5.41) is 8.84. The number of nitrogens with one attached hydrogen (secondary N) is 2. The average molecular weight is 307 g/mol. The van der Waals surface area contributed by atoms with E-state index in [9.17, 15) is 9.59 Å². The highest BCUT2D eigenvalue weighted by Crippen LogP contribution is 2.24. The minimum absolute atomic E-state index is 0.00314. The zero-order valence-corrected chi connectivity index (χ0v) is 12.7. The van der Waals surface area contributed by atoms with Crippen LogP contribution in [-0.2, 0) is 9.59 Å². The lowest BCUT2D eigenvalue weighted by Gasteiger charge is -2.21. The first-order valence-corrected chi connectivity index (χ1v) is 7.20. The van der Waals surface area contributed by atoms with E-state index in [1.807, 2.05) is 24.3 Å². The number of amides is 1. The minimum atomic E-state index is -1.01. The summed E-state index contributed by atoms with van der Waals surface area (Å²) in [6.07, 6.45) is 0.571. The van der Waals surface area contributed by atoms with Gasteiger partial charge in [-0.05, 0) is 31.0 Å². The van der Waals surface area contributed by atoms with Crippen molar-refractivity contribution in [2.45, 2.75) is 25.4 Å². The molecule has 0 bridgehead atoms. The molecule has 0 aliphatic carbocycles. The van der Waals surface area contributed by atoms with Crippen LogP contribution in [0.25, 0.3) is 0 Å². The van der Waals surface area contributed by atoms with Crippen LogP contribution in [0.15, 0.2) is 24.3 Å². The predicted molar refractivity (Wildman–Crippen MR) is 80.3 cm³/mol. The van der Waals surface area contributed by atoms with E-state index in [0.717, 1.165) is 11.3 Å². The smallest absolute Gasteiger partial charge is 0.323 e. The van der Waals surface area contributed by atoms with Crippen LogP contribution < -0.4 is 15.6 Å². The fourth-order valence-corrected chi connectivity index (χ4v) is 2.50. The van der Waals surface area contributed by atoms with E-state index in [4.69, 9.17) is 9.84 Å². The molecule has 0 saturated carbocycles. The fraction of sp³-hybridized carbons (Fsp3) is 0.467. The summed E-state index contributed by atoms with van der Waals surface area (Å²) >= 11 is 0. The SMILES string of the molecule is CCN(CC(=O)O)C(=O)C1CC(c2ccc(OC)cc2)NN1. The molecule has 1 aromatic carbocycles. The van der Waals surface area contributed by atoms with Gasteiger partial charge in [-0.3, -0.25) is 9.59 Å². The first kappa shape index (κ1) is 16.3. The first-order chi connectivity index (χ1) is 10.5. The molecule has 22 heavy (non-hydrogen) atoms. The van der Waals surface area contributed by atoms with Crippen LogP contribution in [0.4, 0.5) is 0 Å². The number of hydrazine groups is 1. The molecule has 1 aliphatic heterocycles. The maximum Gasteiger partial charge on any atom is 0.323 e. The van der Waals surface area contributed by atoms with Gasteiger partial charge in [-0.15, -0.1) is 0 Å². The van der Waals surface area contributed by atoms with Crippen LogP contribution in [0, 0.1) is 0 Å². The van der Waals surface area contributed by atoms with Gasteiger partial charge in [-0.1, -0.05) is 12.1 Å². The Labute approximate surface area is 129 Å². The van der Waals surface area contributed by atoms with Crippen molar-refractivity contribution in [3.05, 3.63) is 29.8 Å². The van der Waals surface area contributed by atoms with Crippen molar-refractivity contribution in [3.63, 3.8) is 0 Å². The standard InChI is InChI=1S/C15H21N3O4/c1-3-18(9-14(19)20)15(21)13-8-12(16-17-13)10-4-6-11(22-2)7-5-10/h4-7,12-13,16-17H,3,8-9H2,1-2H3,(H,19,20). The molecule has 7 nitrogen and oxygen atoms in total. The average Bonchev–Trinajstić information content (AvgIpc) is 3.01. The van der Waals surface area contributed by atoms with E-state index in [0.29, 0.717) is 13.0 Å². The van der Waals surface area contributed by atoms with Crippen LogP contribution in [0.2, 0.25) is 0 Å². The van der Waals surface area contributed by atoms with E-state index in [-0.39, 0.29) is 18.5 Å². The van der Waals surface area contributed by atoms with Crippen molar-refractivity contribution >= 4 is 11.9 Å². The number of likely N-dealkylation sites (N-methyl/N-ethyl adjacent to an activating group) is 1. The normalized spacial score (nSPS) is 20.6. The Morgan fingerprint density at radius 2 is 2.00 bits per heavy atom. The number of ether oxygens (including phenoxy) is 1. The van der Waals surface area contributed by atoms with Crippen molar-refractivity contribution in [2.24, 2.45) is 0 Å². The molecule has 2 unspecified atom stereocenters. The summed E-state index contributed by atoms with van der Waals surface area (Å²) in [6, 6.07) is 7.21. The van der Waals surface area contributed by atoms with Crippen molar-refractivity contribution in [1.29, 1.82) is 0 Å². The van der Waals surface area contributed by atoms with Gasteiger partial charge in [0.1, 0.15) is 18.3 Å². The molecule has 1 fully saturated rings. The topological polar surface area (TPSA) is 90.9 Å². The largest absolute Gasteiger partial charge is 0.497 e. The van der Waals surface area contributed by atoms with Crippen molar-refractivity contribution in [2.75, 3.05) is 20.2 Å². The molecule has 1 amide bonds. The molecular weight excluding hydrogens is 286 g/mol. The summed E-state index contributed by atoms with van der Waals surface area (Å²) in [5.41, 5.74) is 7.09. The second-order valence-corrected chi connectivity index (χ2v) is 5.15. The number of carbonyl (C=O) groups is 2. The highest BCUT2D eigenvalue weighted by atomic mass is 16.5. The van der Waals surface area contributed by atoms with Crippen LogP contribution >= 0.6 is 0 Å². The van der Waals surface area contributed by atoms with Gasteiger partial charge in [-0.2, -0.15) is 0 Å². The molecular formula is C15H21N3O4. The second-order valence-electron chi connectivity index (χ2n) is 5.15. The first-order valence-electron chi connectivity index (χ1n) is 7.20. The molecule has 1 aliphatic rings. The number of carbonyl (C=O) groups excluding carboxylic acids is 1. The highest BCUT2D eigenvalue weighted by Gasteiger charge is 2.33. The Hall–Kier alpha value is -2.12. The van der Waals surface area contributed by atoms with Crippen LogP contribution in [0.5, 0.6) is 5.75 Å². The lowest BCUT2D eigenvalue weighted by molar-refractivity contribution is -0.145. The highest BCUT2D eigenvalue weighted by molar-refractivity contribution is 5.85. The Balaban J connectivity index is 1.98. The Morgan fingerprint density at radius 1 is 1.32 bits per heavy atom. The van der Waals surface area contributed by atoms with E-state index >= 15 is 0 Å². The third-order valence-electron chi connectivity index (χ3n) is 3.74. The van der Waals surface area contributed by atoms with Gasteiger partial charge in [0.25, 0.3) is 0 Å². The Bertz CT molecular complexity index is 532. The molecule has 120 valence electrons. The van der Waals surface area contributed by atoms with E-state index in [1.165, 1.54) is 4.90 Å². The molecule has 1 saturated heterocycles. The summed E-state index contributed by atoms with van der Waals surface area (Å²) in [7, 11) is 1.61. The zero-order chi connectivity index (χ0) is 16.1. The van der Waals surface area contributed by atoms with Crippen molar-refractivity contribution in [3.8, 4) is 5.75 Å². The minimum Gasteiger partial charge on any atom is -0.497 e. The van der Waals surface area contributed by atoms with Gasteiger partial charge >= 0.3 is 5.97 Å². The maximum absolute atomic E-state index is 12.3. The number of carboxylic acids is 1. The molecule has 3 N–H and O–H groups in total. The second kappa shape index (κ2) is 7.24. The Morgan fingerprint density at radius 3 is 2.55 bits per heavy atom. The molecule has 0 spiro atoms. The molecule has 2 atom stereocenters. The number of benzene rings is 1. The molecule has 2 rings (SSSR count). The fourth-order valence-electron chi connectivity index (χ4n) is 2.50. The van der Waals surface area contributed by atoms with Gasteiger partial charge < -0.3 is 14.7 Å². The van der Waals surface area contributed by atoms with Gasteiger partial charge in [0.15, 0.2) is 0 Å². The molecule has 0 radical (unpaired) electrons. The predicted octanol–water partition coefficient (Wildman–Crippen LogP) is 0.536. The zero-order valence-electron chi connectivity index (χ0n) is 12.7. The van der Waals surface area contributed by atoms with Gasteiger partial charge in [-0.25, -0.2) is 10.9 Å². The van der Waals surface area contributed by atoms with Crippen LogP contribution in [0.3, 0.4) is 0 Å². The lowest BCUT2D eigenvalue weighted by atomic mass is 10.0. The number of nitrogens with zero attached hydrogens (tertiary/aromatic N) is 1. The Kier molecular flexibility index (Phi) is 5.35. The summed E-state index contributed by atoms with van der Waals surface area (Å²) in [6.45, 7) is 1.86. The summed E-state index contributed by atoms with van der Waals surface area (Å²) < 4.78 is 5.12. The van der Waals surface area contributed by atoms with Crippen LogP contribution in [0.1, 0.15) is 24.9 Å². The van der Waals surface area contributed by atoms with Crippen molar-refractivity contribution in [1.82, 2.24) is 15.8 Å². The van der Waals surface area contributed by atoms with Crippen molar-refractivity contribution < 1.29 is 19.4 Å².